The summed E-state index contributed by atoms with van der Waals surface area (Å²) in [5.41, 5.74) is 0.160. The molecule has 0 aliphatic carbocycles. The predicted octanol–water partition coefficient (Wildman–Crippen LogP) is 0.681. The van der Waals surface area contributed by atoms with E-state index in [0.717, 1.165) is 19.5 Å². The lowest BCUT2D eigenvalue weighted by Gasteiger charge is -2.23. The van der Waals surface area contributed by atoms with Crippen molar-refractivity contribution in [3.05, 3.63) is 23.9 Å². The van der Waals surface area contributed by atoms with Gasteiger partial charge >= 0.3 is 0 Å². The van der Waals surface area contributed by atoms with Crippen molar-refractivity contribution in [1.82, 2.24) is 4.98 Å². The van der Waals surface area contributed by atoms with Gasteiger partial charge in [0.05, 0.1) is 5.97 Å². The first kappa shape index (κ1) is 11.5. The molecule has 0 aliphatic rings. The van der Waals surface area contributed by atoms with Crippen LogP contribution >= 0.6 is 0 Å². The number of pyridine rings is 1. The topological polar surface area (TPSA) is 56.3 Å². The second kappa shape index (κ2) is 5.34. The lowest BCUT2D eigenvalue weighted by Crippen LogP contribution is -2.30. The Morgan fingerprint density at radius 1 is 1.53 bits per heavy atom. The van der Waals surface area contributed by atoms with Gasteiger partial charge in [0.2, 0.25) is 0 Å². The number of carboxylic acid groups (broad SMARTS) is 1. The van der Waals surface area contributed by atoms with Crippen LogP contribution in [0.5, 0.6) is 0 Å². The van der Waals surface area contributed by atoms with Crippen molar-refractivity contribution in [2.24, 2.45) is 0 Å². The van der Waals surface area contributed by atoms with Gasteiger partial charge in [-0.1, -0.05) is 6.92 Å². The zero-order chi connectivity index (χ0) is 11.3. The summed E-state index contributed by atoms with van der Waals surface area (Å²) in [5, 5.41) is 10.9. The average molecular weight is 207 g/mol. The van der Waals surface area contributed by atoms with Crippen LogP contribution in [0.2, 0.25) is 0 Å². The number of carbonyl (C=O) groups is 1. The van der Waals surface area contributed by atoms with Crippen LogP contribution in [0.25, 0.3) is 0 Å². The molecule has 1 aromatic rings. The molecule has 4 heteroatoms. The molecule has 0 amide bonds. The number of anilines is 1. The lowest BCUT2D eigenvalue weighted by molar-refractivity contribution is -0.254. The van der Waals surface area contributed by atoms with Gasteiger partial charge in [-0.2, -0.15) is 0 Å². The fourth-order valence-corrected chi connectivity index (χ4v) is 1.49. The van der Waals surface area contributed by atoms with Crippen molar-refractivity contribution in [2.75, 3.05) is 18.0 Å². The zero-order valence-electron chi connectivity index (χ0n) is 9.06. The Kier molecular flexibility index (Phi) is 4.09. The van der Waals surface area contributed by atoms with Crippen LogP contribution in [-0.4, -0.2) is 24.0 Å². The zero-order valence-corrected chi connectivity index (χ0v) is 9.06. The summed E-state index contributed by atoms with van der Waals surface area (Å²) >= 11 is 0. The van der Waals surface area contributed by atoms with Crippen LogP contribution in [0.3, 0.4) is 0 Å². The van der Waals surface area contributed by atoms with Gasteiger partial charge in [0.15, 0.2) is 0 Å². The van der Waals surface area contributed by atoms with Crippen LogP contribution in [-0.2, 0) is 0 Å². The van der Waals surface area contributed by atoms with E-state index < -0.39 is 5.97 Å². The first-order valence-corrected chi connectivity index (χ1v) is 5.12. The molecule has 4 nitrogen and oxygen atoms in total. The monoisotopic (exact) mass is 207 g/mol. The van der Waals surface area contributed by atoms with E-state index in [9.17, 15) is 9.90 Å². The molecule has 0 fully saturated rings. The number of hydrogen-bond donors (Lipinski definition) is 0. The molecule has 1 heterocycles. The Labute approximate surface area is 89.6 Å². The van der Waals surface area contributed by atoms with Crippen molar-refractivity contribution < 1.29 is 9.90 Å². The maximum Gasteiger partial charge on any atom is 0.137 e. The van der Waals surface area contributed by atoms with E-state index in [1.54, 1.807) is 12.3 Å². The summed E-state index contributed by atoms with van der Waals surface area (Å²) < 4.78 is 0. The molecule has 0 N–H and O–H groups in total. The maximum atomic E-state index is 10.9. The molecule has 0 aromatic carbocycles. The number of carboxylic acids is 1. The van der Waals surface area contributed by atoms with E-state index in [0.29, 0.717) is 5.82 Å². The Morgan fingerprint density at radius 3 is 2.80 bits per heavy atom. The number of aromatic nitrogens is 1. The lowest BCUT2D eigenvalue weighted by atomic mass is 10.2. The Hall–Kier alpha value is -1.58. The smallest absolute Gasteiger partial charge is 0.137 e. The molecule has 0 saturated heterocycles. The van der Waals surface area contributed by atoms with Gasteiger partial charge in [0.25, 0.3) is 0 Å². The molecule has 15 heavy (non-hydrogen) atoms. The van der Waals surface area contributed by atoms with E-state index in [1.807, 2.05) is 18.7 Å². The Balaban J connectivity index is 3.04. The molecule has 0 spiro atoms. The molecule has 82 valence electrons. The standard InChI is InChI=1S/C11H16N2O2/c1-3-8-13(4-2)10-9(11(14)15)6-5-7-12-10/h5-7H,3-4,8H2,1-2H3,(H,14,15)/p-1. The van der Waals surface area contributed by atoms with Gasteiger partial charge in [-0.3, -0.25) is 0 Å². The summed E-state index contributed by atoms with van der Waals surface area (Å²) in [6.45, 7) is 5.56. The SMILES string of the molecule is CCCN(CC)c1ncccc1C(=O)[O-]. The Bertz CT molecular complexity index is 339. The maximum absolute atomic E-state index is 10.9. The average Bonchev–Trinajstić information content (AvgIpc) is 2.26. The van der Waals surface area contributed by atoms with E-state index in [1.165, 1.54) is 6.07 Å². The summed E-state index contributed by atoms with van der Waals surface area (Å²) in [7, 11) is 0. The van der Waals surface area contributed by atoms with E-state index in [2.05, 4.69) is 4.98 Å². The minimum Gasteiger partial charge on any atom is -0.545 e. The highest BCUT2D eigenvalue weighted by Crippen LogP contribution is 2.16. The molecule has 1 aromatic heterocycles. The summed E-state index contributed by atoms with van der Waals surface area (Å²) in [6.07, 6.45) is 2.55. The number of hydrogen-bond acceptors (Lipinski definition) is 4. The molecule has 0 atom stereocenters. The van der Waals surface area contributed by atoms with Crippen LogP contribution in [0.15, 0.2) is 18.3 Å². The van der Waals surface area contributed by atoms with Crippen LogP contribution in [0, 0.1) is 0 Å². The molecule has 0 radical (unpaired) electrons. The van der Waals surface area contributed by atoms with E-state index in [4.69, 9.17) is 0 Å². The number of nitrogens with zero attached hydrogens (tertiary/aromatic N) is 2. The minimum atomic E-state index is -1.17. The summed E-state index contributed by atoms with van der Waals surface area (Å²) in [5.74, 6) is -0.672. The Morgan fingerprint density at radius 2 is 2.27 bits per heavy atom. The number of rotatable bonds is 5. The van der Waals surface area contributed by atoms with E-state index >= 15 is 0 Å². The summed E-state index contributed by atoms with van der Waals surface area (Å²) in [4.78, 5) is 16.9. The van der Waals surface area contributed by atoms with Gasteiger partial charge < -0.3 is 14.8 Å². The highest BCUT2D eigenvalue weighted by Gasteiger charge is 2.10. The highest BCUT2D eigenvalue weighted by atomic mass is 16.4. The molecule has 0 saturated carbocycles. The molecule has 0 aliphatic heterocycles. The molecule has 0 unspecified atom stereocenters. The van der Waals surface area contributed by atoms with Gasteiger partial charge in [-0.25, -0.2) is 4.98 Å². The van der Waals surface area contributed by atoms with Crippen molar-refractivity contribution in [1.29, 1.82) is 0 Å². The van der Waals surface area contributed by atoms with Gasteiger partial charge in [0, 0.05) is 24.8 Å². The quantitative estimate of drug-likeness (QED) is 0.712. The van der Waals surface area contributed by atoms with Crippen molar-refractivity contribution in [3.63, 3.8) is 0 Å². The third kappa shape index (κ3) is 2.68. The third-order valence-corrected chi connectivity index (χ3v) is 2.18. The highest BCUT2D eigenvalue weighted by molar-refractivity contribution is 5.91. The van der Waals surface area contributed by atoms with Crippen LogP contribution < -0.4 is 10.0 Å². The molecule has 0 bridgehead atoms. The van der Waals surface area contributed by atoms with Crippen LogP contribution in [0.1, 0.15) is 30.6 Å². The van der Waals surface area contributed by atoms with Gasteiger partial charge in [0.1, 0.15) is 5.82 Å². The van der Waals surface area contributed by atoms with Crippen molar-refractivity contribution in [2.45, 2.75) is 20.3 Å². The second-order valence-electron chi connectivity index (χ2n) is 3.24. The largest absolute Gasteiger partial charge is 0.545 e. The molecular weight excluding hydrogens is 192 g/mol. The normalized spacial score (nSPS) is 10.0. The van der Waals surface area contributed by atoms with Crippen molar-refractivity contribution in [3.8, 4) is 0 Å². The molecular formula is C11H15N2O2-. The number of carbonyl (C=O) groups excluding carboxylic acids is 1. The van der Waals surface area contributed by atoms with Crippen molar-refractivity contribution >= 4 is 11.8 Å². The fourth-order valence-electron chi connectivity index (χ4n) is 1.49. The third-order valence-electron chi connectivity index (χ3n) is 2.18. The molecule has 1 rings (SSSR count). The first-order valence-electron chi connectivity index (χ1n) is 5.12. The van der Waals surface area contributed by atoms with E-state index in [-0.39, 0.29) is 5.56 Å². The number of aromatic carboxylic acids is 1. The first-order chi connectivity index (χ1) is 7.20. The van der Waals surface area contributed by atoms with Gasteiger partial charge in [-0.05, 0) is 25.5 Å². The van der Waals surface area contributed by atoms with Gasteiger partial charge in [-0.15, -0.1) is 0 Å². The minimum absolute atomic E-state index is 0.160. The van der Waals surface area contributed by atoms with Crippen LogP contribution in [0.4, 0.5) is 5.82 Å². The second-order valence-corrected chi connectivity index (χ2v) is 3.24. The fraction of sp³-hybridized carbons (Fsp3) is 0.455. The predicted molar refractivity (Wildman–Crippen MR) is 56.7 cm³/mol. The summed E-state index contributed by atoms with van der Waals surface area (Å²) in [6, 6.07) is 3.13.